The van der Waals surface area contributed by atoms with Gasteiger partial charge < -0.3 is 4.34 Å². The van der Waals surface area contributed by atoms with Gasteiger partial charge in [-0.05, 0) is 22.6 Å². The molecule has 2 rings (SSSR count). The second-order valence-corrected chi connectivity index (χ2v) is 3.20. The largest absolute Gasteiger partial charge is 0.322 e. The standard InChI is InChI=1S/C8H8BrN5/c1-14-8(11-12-13-14)6-3-2-4-7(5-6)10-9/h2-5,10H,1H3. The van der Waals surface area contributed by atoms with E-state index in [0.717, 1.165) is 17.1 Å². The zero-order valence-electron chi connectivity index (χ0n) is 7.48. The molecule has 72 valence electrons. The van der Waals surface area contributed by atoms with E-state index in [0.29, 0.717) is 0 Å². The van der Waals surface area contributed by atoms with E-state index in [9.17, 15) is 0 Å². The molecule has 1 heterocycles. The summed E-state index contributed by atoms with van der Waals surface area (Å²) < 4.78 is 4.52. The van der Waals surface area contributed by atoms with Crippen molar-refractivity contribution in [3.8, 4) is 11.4 Å². The number of nitrogens with one attached hydrogen (secondary N) is 1. The maximum atomic E-state index is 3.92. The van der Waals surface area contributed by atoms with Crippen molar-refractivity contribution in [3.05, 3.63) is 24.3 Å². The van der Waals surface area contributed by atoms with Gasteiger partial charge in [0.1, 0.15) is 0 Å². The molecule has 0 aliphatic heterocycles. The van der Waals surface area contributed by atoms with E-state index in [4.69, 9.17) is 0 Å². The predicted molar refractivity (Wildman–Crippen MR) is 56.8 cm³/mol. The summed E-state index contributed by atoms with van der Waals surface area (Å²) in [7, 11) is 1.81. The molecule has 14 heavy (non-hydrogen) atoms. The number of tetrazole rings is 1. The lowest BCUT2D eigenvalue weighted by Gasteiger charge is -2.01. The van der Waals surface area contributed by atoms with Gasteiger partial charge in [0.15, 0.2) is 5.82 Å². The average Bonchev–Trinajstić information content (AvgIpc) is 2.65. The number of aromatic nitrogens is 4. The Labute approximate surface area is 89.5 Å². The van der Waals surface area contributed by atoms with E-state index in [-0.39, 0.29) is 0 Å². The summed E-state index contributed by atoms with van der Waals surface area (Å²) in [5.74, 6) is 0.745. The van der Waals surface area contributed by atoms with Crippen molar-refractivity contribution >= 4 is 21.8 Å². The third kappa shape index (κ3) is 1.60. The van der Waals surface area contributed by atoms with Gasteiger partial charge in [-0.1, -0.05) is 12.1 Å². The summed E-state index contributed by atoms with van der Waals surface area (Å²) in [4.78, 5) is 0. The van der Waals surface area contributed by atoms with E-state index in [1.165, 1.54) is 0 Å². The van der Waals surface area contributed by atoms with Crippen LogP contribution in [0.5, 0.6) is 0 Å². The first kappa shape index (κ1) is 9.14. The summed E-state index contributed by atoms with van der Waals surface area (Å²) in [5.41, 5.74) is 1.94. The van der Waals surface area contributed by atoms with Crippen LogP contribution >= 0.6 is 16.1 Å². The molecular formula is C8H8BrN5. The van der Waals surface area contributed by atoms with Crippen LogP contribution < -0.4 is 4.34 Å². The number of nitrogens with zero attached hydrogens (tertiary/aromatic N) is 4. The fourth-order valence-electron chi connectivity index (χ4n) is 1.19. The molecule has 0 aliphatic carbocycles. The zero-order valence-corrected chi connectivity index (χ0v) is 9.06. The summed E-state index contributed by atoms with van der Waals surface area (Å²) in [6.07, 6.45) is 0. The summed E-state index contributed by atoms with van der Waals surface area (Å²) >= 11 is 3.16. The van der Waals surface area contributed by atoms with Gasteiger partial charge in [0, 0.05) is 34.4 Å². The summed E-state index contributed by atoms with van der Waals surface area (Å²) in [5, 5.41) is 11.3. The molecule has 0 radical (unpaired) electrons. The molecule has 0 aliphatic rings. The van der Waals surface area contributed by atoms with Gasteiger partial charge >= 0.3 is 0 Å². The Hall–Kier alpha value is -1.43. The zero-order chi connectivity index (χ0) is 9.97. The molecule has 0 saturated carbocycles. The van der Waals surface area contributed by atoms with Crippen molar-refractivity contribution < 1.29 is 0 Å². The van der Waals surface area contributed by atoms with E-state index < -0.39 is 0 Å². The molecule has 0 bridgehead atoms. The Kier molecular flexibility index (Phi) is 2.45. The van der Waals surface area contributed by atoms with Crippen molar-refractivity contribution in [1.82, 2.24) is 20.2 Å². The van der Waals surface area contributed by atoms with Gasteiger partial charge in [-0.25, -0.2) is 4.68 Å². The number of halogens is 1. The molecule has 0 spiro atoms. The molecular weight excluding hydrogens is 246 g/mol. The molecule has 0 unspecified atom stereocenters. The van der Waals surface area contributed by atoms with Crippen LogP contribution in [-0.2, 0) is 7.05 Å². The highest BCUT2D eigenvalue weighted by atomic mass is 79.9. The summed E-state index contributed by atoms with van der Waals surface area (Å²) in [6.45, 7) is 0. The second kappa shape index (κ2) is 3.75. The smallest absolute Gasteiger partial charge is 0.181 e. The maximum absolute atomic E-state index is 3.92. The highest BCUT2D eigenvalue weighted by Gasteiger charge is 2.05. The van der Waals surface area contributed by atoms with Crippen molar-refractivity contribution in [2.24, 2.45) is 7.05 Å². The van der Waals surface area contributed by atoms with Crippen molar-refractivity contribution in [2.45, 2.75) is 0 Å². The number of benzene rings is 1. The van der Waals surface area contributed by atoms with Gasteiger partial charge in [-0.2, -0.15) is 0 Å². The lowest BCUT2D eigenvalue weighted by Crippen LogP contribution is -1.94. The molecule has 1 N–H and O–H groups in total. The van der Waals surface area contributed by atoms with Crippen molar-refractivity contribution in [2.75, 3.05) is 4.34 Å². The Balaban J connectivity index is 2.47. The average molecular weight is 254 g/mol. The highest BCUT2D eigenvalue weighted by Crippen LogP contribution is 2.19. The number of hydrogen-bond acceptors (Lipinski definition) is 4. The quantitative estimate of drug-likeness (QED) is 0.827. The van der Waals surface area contributed by atoms with Gasteiger partial charge in [0.25, 0.3) is 0 Å². The Morgan fingerprint density at radius 1 is 1.43 bits per heavy atom. The summed E-state index contributed by atoms with van der Waals surface area (Å²) in [6, 6.07) is 7.80. The molecule has 0 amide bonds. The number of anilines is 1. The lowest BCUT2D eigenvalue weighted by atomic mass is 10.2. The van der Waals surface area contributed by atoms with Gasteiger partial charge in [0.2, 0.25) is 0 Å². The van der Waals surface area contributed by atoms with Crippen molar-refractivity contribution in [3.63, 3.8) is 0 Å². The molecule has 0 fully saturated rings. The third-order valence-electron chi connectivity index (χ3n) is 1.85. The van der Waals surface area contributed by atoms with Crippen LogP contribution in [-0.4, -0.2) is 20.2 Å². The van der Waals surface area contributed by atoms with Gasteiger partial charge in [-0.15, -0.1) is 5.10 Å². The number of hydrogen-bond donors (Lipinski definition) is 1. The second-order valence-electron chi connectivity index (χ2n) is 2.80. The molecule has 1 aromatic heterocycles. The minimum absolute atomic E-state index is 0.745. The normalized spacial score (nSPS) is 10.1. The Morgan fingerprint density at radius 2 is 2.29 bits per heavy atom. The van der Waals surface area contributed by atoms with Crippen LogP contribution in [0.15, 0.2) is 24.3 Å². The minimum Gasteiger partial charge on any atom is -0.322 e. The van der Waals surface area contributed by atoms with Crippen LogP contribution in [0.2, 0.25) is 0 Å². The van der Waals surface area contributed by atoms with Crippen LogP contribution in [0.25, 0.3) is 11.4 Å². The highest BCUT2D eigenvalue weighted by molar-refractivity contribution is 9.10. The lowest BCUT2D eigenvalue weighted by molar-refractivity contribution is 0.715. The van der Waals surface area contributed by atoms with Crippen LogP contribution in [0.3, 0.4) is 0 Å². The van der Waals surface area contributed by atoms with E-state index in [1.807, 2.05) is 31.3 Å². The topological polar surface area (TPSA) is 55.6 Å². The molecule has 0 saturated heterocycles. The van der Waals surface area contributed by atoms with E-state index in [2.05, 4.69) is 36.0 Å². The maximum Gasteiger partial charge on any atom is 0.181 e. The molecule has 2 aromatic rings. The van der Waals surface area contributed by atoms with E-state index in [1.54, 1.807) is 4.68 Å². The molecule has 5 nitrogen and oxygen atoms in total. The molecule has 1 aromatic carbocycles. The first-order valence-electron chi connectivity index (χ1n) is 4.00. The Bertz CT molecular complexity index is 439. The minimum atomic E-state index is 0.745. The van der Waals surface area contributed by atoms with Gasteiger partial charge in [-0.3, -0.25) is 0 Å². The number of rotatable bonds is 2. The Morgan fingerprint density at radius 3 is 2.93 bits per heavy atom. The third-order valence-corrected chi connectivity index (χ3v) is 2.31. The molecule has 6 heteroatoms. The van der Waals surface area contributed by atoms with Crippen molar-refractivity contribution in [1.29, 1.82) is 0 Å². The fourth-order valence-corrected chi connectivity index (χ4v) is 1.44. The number of aryl methyl sites for hydroxylation is 1. The van der Waals surface area contributed by atoms with Crippen LogP contribution in [0, 0.1) is 0 Å². The first-order chi connectivity index (χ1) is 6.81. The fraction of sp³-hybridized carbons (Fsp3) is 0.125. The SMILES string of the molecule is Cn1nnnc1-c1cccc(NBr)c1. The molecule has 0 atom stereocenters. The monoisotopic (exact) mass is 253 g/mol. The van der Waals surface area contributed by atoms with Gasteiger partial charge in [0.05, 0.1) is 0 Å². The first-order valence-corrected chi connectivity index (χ1v) is 4.80. The predicted octanol–water partition coefficient (Wildman–Crippen LogP) is 1.60. The van der Waals surface area contributed by atoms with E-state index >= 15 is 0 Å². The van der Waals surface area contributed by atoms with Crippen LogP contribution in [0.1, 0.15) is 0 Å². The van der Waals surface area contributed by atoms with Crippen LogP contribution in [0.4, 0.5) is 5.69 Å².